The van der Waals surface area contributed by atoms with Gasteiger partial charge in [0.25, 0.3) is 11.8 Å². The second-order valence-electron chi connectivity index (χ2n) is 7.53. The molecule has 3 aromatic rings. The van der Waals surface area contributed by atoms with Crippen LogP contribution in [0.15, 0.2) is 72.8 Å². The minimum absolute atomic E-state index is 0.0227. The van der Waals surface area contributed by atoms with E-state index in [9.17, 15) is 18.8 Å². The van der Waals surface area contributed by atoms with Crippen LogP contribution in [0.25, 0.3) is 0 Å². The first-order valence-corrected chi connectivity index (χ1v) is 11.4. The topological polar surface area (TPSA) is 81.8 Å². The van der Waals surface area contributed by atoms with Crippen LogP contribution in [0.2, 0.25) is 10.0 Å². The Morgan fingerprint density at radius 2 is 1.60 bits per heavy atom. The van der Waals surface area contributed by atoms with E-state index in [0.29, 0.717) is 21.4 Å². The number of hydrogen-bond donors (Lipinski definition) is 2. The van der Waals surface area contributed by atoms with E-state index in [0.717, 1.165) is 11.1 Å². The number of hydrazine groups is 1. The summed E-state index contributed by atoms with van der Waals surface area (Å²) in [6.07, 6.45) is -0.324. The molecule has 178 valence electrons. The van der Waals surface area contributed by atoms with Gasteiger partial charge in [0, 0.05) is 21.3 Å². The van der Waals surface area contributed by atoms with Crippen molar-refractivity contribution in [2.75, 3.05) is 10.2 Å². The highest BCUT2D eigenvalue weighted by Gasteiger charge is 2.45. The largest absolute Gasteiger partial charge is 0.326 e. The first-order chi connectivity index (χ1) is 16.7. The van der Waals surface area contributed by atoms with Crippen LogP contribution in [-0.2, 0) is 9.59 Å². The Balaban J connectivity index is 1.60. The van der Waals surface area contributed by atoms with Gasteiger partial charge in [-0.2, -0.15) is 0 Å². The van der Waals surface area contributed by atoms with E-state index in [-0.39, 0.29) is 17.1 Å². The summed E-state index contributed by atoms with van der Waals surface area (Å²) in [4.78, 5) is 40.2. The van der Waals surface area contributed by atoms with Crippen LogP contribution in [-0.4, -0.2) is 33.9 Å². The summed E-state index contributed by atoms with van der Waals surface area (Å²) in [5.41, 5.74) is 3.46. The molecule has 0 radical (unpaired) electrons. The Morgan fingerprint density at radius 3 is 2.23 bits per heavy atom. The standard InChI is InChI=1S/C24H17Cl2FN4O3S/c25-15-4-8-18(9-5-15)28-21(32)13-20-23(34)30(19-10-6-16(26)7-11-19)24(35)31(20)29-22(33)14-2-1-3-17(27)12-14/h1-12,20H,13H2,(H,28,32)(H,29,33)/t20-/m0/s1. The summed E-state index contributed by atoms with van der Waals surface area (Å²) in [5.74, 6) is -2.31. The van der Waals surface area contributed by atoms with E-state index in [4.69, 9.17) is 35.4 Å². The van der Waals surface area contributed by atoms with Gasteiger partial charge in [0.1, 0.15) is 11.9 Å². The molecule has 0 bridgehead atoms. The SMILES string of the molecule is O=C(C[C@H]1C(=O)N(c2ccc(Cl)cc2)C(=S)N1NC(=O)c1cccc(F)c1)Nc1ccc(Cl)cc1. The zero-order valence-electron chi connectivity index (χ0n) is 17.9. The zero-order valence-corrected chi connectivity index (χ0v) is 20.2. The molecule has 1 aliphatic rings. The summed E-state index contributed by atoms with van der Waals surface area (Å²) < 4.78 is 13.6. The molecule has 35 heavy (non-hydrogen) atoms. The molecule has 1 atom stereocenters. The van der Waals surface area contributed by atoms with Gasteiger partial charge in [0.15, 0.2) is 0 Å². The molecule has 7 nitrogen and oxygen atoms in total. The Morgan fingerprint density at radius 1 is 0.971 bits per heavy atom. The number of halogens is 3. The van der Waals surface area contributed by atoms with Crippen LogP contribution in [0.4, 0.5) is 15.8 Å². The van der Waals surface area contributed by atoms with Gasteiger partial charge in [0.2, 0.25) is 11.0 Å². The third-order valence-corrected chi connectivity index (χ3v) is 6.00. The Kier molecular flexibility index (Phi) is 7.30. The van der Waals surface area contributed by atoms with Crippen LogP contribution in [0.5, 0.6) is 0 Å². The fraction of sp³-hybridized carbons (Fsp3) is 0.0833. The van der Waals surface area contributed by atoms with Gasteiger partial charge in [-0.05, 0) is 78.9 Å². The van der Waals surface area contributed by atoms with Gasteiger partial charge < -0.3 is 5.32 Å². The molecular formula is C24H17Cl2FN4O3S. The summed E-state index contributed by atoms with van der Waals surface area (Å²) >= 11 is 17.3. The molecule has 0 unspecified atom stereocenters. The molecule has 1 aliphatic heterocycles. The molecule has 0 aromatic heterocycles. The molecule has 1 fully saturated rings. The second-order valence-corrected chi connectivity index (χ2v) is 8.77. The third kappa shape index (κ3) is 5.59. The highest BCUT2D eigenvalue weighted by atomic mass is 35.5. The number of nitrogens with zero attached hydrogens (tertiary/aromatic N) is 2. The second kappa shape index (κ2) is 10.4. The minimum Gasteiger partial charge on any atom is -0.326 e. The van der Waals surface area contributed by atoms with Gasteiger partial charge in [-0.15, -0.1) is 0 Å². The minimum atomic E-state index is -1.15. The van der Waals surface area contributed by atoms with Crippen molar-refractivity contribution in [2.24, 2.45) is 0 Å². The average Bonchev–Trinajstić information content (AvgIpc) is 3.05. The van der Waals surface area contributed by atoms with Crippen molar-refractivity contribution in [1.82, 2.24) is 10.4 Å². The van der Waals surface area contributed by atoms with Crippen LogP contribution in [0.3, 0.4) is 0 Å². The average molecular weight is 531 g/mol. The first-order valence-electron chi connectivity index (χ1n) is 10.3. The van der Waals surface area contributed by atoms with E-state index < -0.39 is 29.6 Å². The molecular weight excluding hydrogens is 514 g/mol. The van der Waals surface area contributed by atoms with Crippen LogP contribution in [0, 0.1) is 5.82 Å². The number of rotatable bonds is 6. The molecule has 11 heteroatoms. The molecule has 1 heterocycles. The quantitative estimate of drug-likeness (QED) is 0.447. The molecule has 1 saturated heterocycles. The predicted molar refractivity (Wildman–Crippen MR) is 136 cm³/mol. The van der Waals surface area contributed by atoms with Crippen molar-refractivity contribution in [3.63, 3.8) is 0 Å². The lowest BCUT2D eigenvalue weighted by Crippen LogP contribution is -2.49. The molecule has 0 spiro atoms. The smallest absolute Gasteiger partial charge is 0.269 e. The van der Waals surface area contributed by atoms with Crippen molar-refractivity contribution in [3.8, 4) is 0 Å². The van der Waals surface area contributed by atoms with Crippen molar-refractivity contribution < 1.29 is 18.8 Å². The predicted octanol–water partition coefficient (Wildman–Crippen LogP) is 4.81. The van der Waals surface area contributed by atoms with Gasteiger partial charge in [-0.3, -0.25) is 24.7 Å². The number of benzene rings is 3. The number of hydrogen-bond acceptors (Lipinski definition) is 4. The lowest BCUT2D eigenvalue weighted by atomic mass is 10.1. The summed E-state index contributed by atoms with van der Waals surface area (Å²) in [6, 6.07) is 16.7. The number of carbonyl (C=O) groups is 3. The number of nitrogens with one attached hydrogen (secondary N) is 2. The van der Waals surface area contributed by atoms with E-state index in [1.54, 1.807) is 48.5 Å². The van der Waals surface area contributed by atoms with Crippen molar-refractivity contribution in [3.05, 3.63) is 94.2 Å². The number of thiocarbonyl (C=S) groups is 1. The maximum absolute atomic E-state index is 13.6. The highest BCUT2D eigenvalue weighted by Crippen LogP contribution is 2.28. The highest BCUT2D eigenvalue weighted by molar-refractivity contribution is 7.80. The fourth-order valence-corrected chi connectivity index (χ4v) is 4.07. The van der Waals surface area contributed by atoms with E-state index in [1.807, 2.05) is 0 Å². The number of amides is 3. The summed E-state index contributed by atoms with van der Waals surface area (Å²) in [6.45, 7) is 0. The Hall–Kier alpha value is -3.53. The van der Waals surface area contributed by atoms with Gasteiger partial charge >= 0.3 is 0 Å². The van der Waals surface area contributed by atoms with Gasteiger partial charge in [-0.25, -0.2) is 9.40 Å². The molecule has 0 aliphatic carbocycles. The Labute approximate surface area is 215 Å². The monoisotopic (exact) mass is 530 g/mol. The zero-order chi connectivity index (χ0) is 25.1. The number of carbonyl (C=O) groups excluding carboxylic acids is 3. The number of anilines is 2. The van der Waals surface area contributed by atoms with Crippen molar-refractivity contribution in [1.29, 1.82) is 0 Å². The molecule has 2 N–H and O–H groups in total. The van der Waals surface area contributed by atoms with E-state index >= 15 is 0 Å². The van der Waals surface area contributed by atoms with Crippen molar-refractivity contribution in [2.45, 2.75) is 12.5 Å². The van der Waals surface area contributed by atoms with Gasteiger partial charge in [-0.1, -0.05) is 29.3 Å². The third-order valence-electron chi connectivity index (χ3n) is 5.11. The summed E-state index contributed by atoms with van der Waals surface area (Å²) in [7, 11) is 0. The van der Waals surface area contributed by atoms with Gasteiger partial charge in [0.05, 0.1) is 12.1 Å². The van der Waals surface area contributed by atoms with Crippen LogP contribution >= 0.6 is 35.4 Å². The molecule has 4 rings (SSSR count). The summed E-state index contributed by atoms with van der Waals surface area (Å²) in [5, 5.41) is 4.74. The molecule has 3 amide bonds. The first kappa shape index (κ1) is 24.6. The Bertz CT molecular complexity index is 1300. The normalized spacial score (nSPS) is 15.3. The maximum atomic E-state index is 13.6. The fourth-order valence-electron chi connectivity index (χ4n) is 3.45. The molecule has 3 aromatic carbocycles. The molecule has 0 saturated carbocycles. The maximum Gasteiger partial charge on any atom is 0.269 e. The lowest BCUT2D eigenvalue weighted by Gasteiger charge is -2.24. The van der Waals surface area contributed by atoms with Crippen LogP contribution in [0.1, 0.15) is 16.8 Å². The van der Waals surface area contributed by atoms with E-state index in [1.165, 1.54) is 23.1 Å². The van der Waals surface area contributed by atoms with Crippen molar-refractivity contribution >= 4 is 69.6 Å². The van der Waals surface area contributed by atoms with E-state index in [2.05, 4.69) is 10.7 Å². The lowest BCUT2D eigenvalue weighted by molar-refractivity contribution is -0.124. The van der Waals surface area contributed by atoms with Crippen LogP contribution < -0.4 is 15.6 Å².